The van der Waals surface area contributed by atoms with Gasteiger partial charge >= 0.3 is 6.18 Å². The van der Waals surface area contributed by atoms with Gasteiger partial charge in [0.25, 0.3) is 5.19 Å². The summed E-state index contributed by atoms with van der Waals surface area (Å²) < 4.78 is 40.9. The van der Waals surface area contributed by atoms with E-state index < -0.39 is 18.9 Å². The molecule has 0 aliphatic rings. The van der Waals surface area contributed by atoms with E-state index in [1.165, 1.54) is 0 Å². The molecule has 0 saturated carbocycles. The molecule has 0 radical (unpaired) electrons. The normalized spacial score (nSPS) is 13.2. The van der Waals surface area contributed by atoms with Crippen LogP contribution in [-0.4, -0.2) is 33.1 Å². The molecule has 5 nitrogen and oxygen atoms in total. The summed E-state index contributed by atoms with van der Waals surface area (Å²) in [4.78, 5) is 4.03. The molecule has 108 valence electrons. The highest BCUT2D eigenvalue weighted by Gasteiger charge is 2.29. The van der Waals surface area contributed by atoms with Crippen molar-refractivity contribution in [3.05, 3.63) is 33.5 Å². The van der Waals surface area contributed by atoms with E-state index in [1.54, 1.807) is 18.2 Å². The quantitative estimate of drug-likeness (QED) is 0.839. The molecule has 0 spiro atoms. The van der Waals surface area contributed by atoms with Gasteiger partial charge in [0.1, 0.15) is 10.7 Å². The third-order valence-corrected chi connectivity index (χ3v) is 3.36. The van der Waals surface area contributed by atoms with E-state index in [1.807, 2.05) is 0 Å². The minimum absolute atomic E-state index is 0.104. The molecule has 0 aromatic carbocycles. The van der Waals surface area contributed by atoms with E-state index >= 15 is 0 Å². The van der Waals surface area contributed by atoms with Crippen molar-refractivity contribution in [2.24, 2.45) is 0 Å². The first-order valence-corrected chi connectivity index (χ1v) is 6.79. The van der Waals surface area contributed by atoms with Crippen LogP contribution in [-0.2, 0) is 0 Å². The van der Waals surface area contributed by atoms with Gasteiger partial charge in [0, 0.05) is 0 Å². The largest absolute Gasteiger partial charge is 0.459 e. The molecule has 0 fully saturated rings. The number of rotatable bonds is 4. The van der Waals surface area contributed by atoms with Crippen molar-refractivity contribution >= 4 is 27.3 Å². The van der Waals surface area contributed by atoms with Gasteiger partial charge in [-0.15, -0.1) is 5.10 Å². The first-order chi connectivity index (χ1) is 9.35. The highest BCUT2D eigenvalue weighted by atomic mass is 79.9. The second-order valence-corrected chi connectivity index (χ2v) is 5.38. The molecule has 0 amide bonds. The lowest BCUT2D eigenvalue weighted by atomic mass is 10.2. The first kappa shape index (κ1) is 15.1. The molecule has 0 aliphatic carbocycles. The topological polar surface area (TPSA) is 68.1 Å². The standard InChI is InChI=1S/C10H7BrF3N3O2S/c11-6-3-1-2-5(15-6)7(18)8-16-17-9(20-8)19-4-10(12,13)14/h1-3,7,18H,4H2. The minimum atomic E-state index is -4.45. The van der Waals surface area contributed by atoms with Crippen molar-refractivity contribution in [2.75, 3.05) is 6.61 Å². The Bertz CT molecular complexity index is 593. The lowest BCUT2D eigenvalue weighted by Crippen LogP contribution is -2.19. The maximum Gasteiger partial charge on any atom is 0.422 e. The summed E-state index contributed by atoms with van der Waals surface area (Å²) in [5.41, 5.74) is 0.304. The molecule has 0 bridgehead atoms. The predicted molar refractivity (Wildman–Crippen MR) is 67.5 cm³/mol. The summed E-state index contributed by atoms with van der Waals surface area (Å²) in [6.07, 6.45) is -5.62. The number of ether oxygens (including phenoxy) is 1. The number of halogens is 4. The minimum Gasteiger partial charge on any atom is -0.459 e. The summed E-state index contributed by atoms with van der Waals surface area (Å²) in [6, 6.07) is 4.90. The summed E-state index contributed by atoms with van der Waals surface area (Å²) in [6.45, 7) is -1.45. The number of alkyl halides is 3. The first-order valence-electron chi connectivity index (χ1n) is 5.18. The van der Waals surface area contributed by atoms with Crippen LogP contribution in [0.2, 0.25) is 0 Å². The van der Waals surface area contributed by atoms with Crippen LogP contribution in [0.15, 0.2) is 22.8 Å². The van der Waals surface area contributed by atoms with Crippen molar-refractivity contribution in [1.82, 2.24) is 15.2 Å². The predicted octanol–water partition coefficient (Wildman–Crippen LogP) is 2.72. The average Bonchev–Trinajstić information content (AvgIpc) is 2.83. The van der Waals surface area contributed by atoms with E-state index in [9.17, 15) is 18.3 Å². The summed E-state index contributed by atoms with van der Waals surface area (Å²) in [5, 5.41) is 16.9. The molecule has 1 unspecified atom stereocenters. The molecule has 2 rings (SSSR count). The van der Waals surface area contributed by atoms with E-state index in [0.29, 0.717) is 10.3 Å². The molecule has 0 saturated heterocycles. The van der Waals surface area contributed by atoms with Crippen molar-refractivity contribution in [2.45, 2.75) is 12.3 Å². The Morgan fingerprint density at radius 1 is 1.35 bits per heavy atom. The molecular formula is C10H7BrF3N3O2S. The van der Waals surface area contributed by atoms with Crippen LogP contribution in [0.3, 0.4) is 0 Å². The lowest BCUT2D eigenvalue weighted by molar-refractivity contribution is -0.153. The molecule has 2 heterocycles. The smallest absolute Gasteiger partial charge is 0.422 e. The van der Waals surface area contributed by atoms with Gasteiger partial charge in [0.05, 0.1) is 5.69 Å². The molecule has 1 N–H and O–H groups in total. The second kappa shape index (κ2) is 6.02. The Morgan fingerprint density at radius 3 is 2.75 bits per heavy atom. The van der Waals surface area contributed by atoms with Gasteiger partial charge in [-0.05, 0) is 28.1 Å². The molecule has 0 aliphatic heterocycles. The Balaban J connectivity index is 2.08. The van der Waals surface area contributed by atoms with E-state index in [2.05, 4.69) is 35.8 Å². The maximum absolute atomic E-state index is 12.0. The maximum atomic E-state index is 12.0. The fourth-order valence-corrected chi connectivity index (χ4v) is 2.29. The van der Waals surface area contributed by atoms with Gasteiger partial charge in [-0.3, -0.25) is 0 Å². The monoisotopic (exact) mass is 369 g/mol. The zero-order chi connectivity index (χ0) is 14.8. The average molecular weight is 370 g/mol. The van der Waals surface area contributed by atoms with Crippen LogP contribution in [0.4, 0.5) is 13.2 Å². The van der Waals surface area contributed by atoms with Crippen LogP contribution in [0.25, 0.3) is 0 Å². The highest BCUT2D eigenvalue weighted by Crippen LogP contribution is 2.28. The Kier molecular flexibility index (Phi) is 4.55. The van der Waals surface area contributed by atoms with Gasteiger partial charge in [0.15, 0.2) is 11.6 Å². The molecule has 2 aromatic heterocycles. The molecule has 1 atom stereocenters. The Hall–Kier alpha value is -1.26. The zero-order valence-corrected chi connectivity index (χ0v) is 12.0. The fourth-order valence-electron chi connectivity index (χ4n) is 1.24. The number of aliphatic hydroxyl groups is 1. The molecular weight excluding hydrogens is 363 g/mol. The van der Waals surface area contributed by atoms with Gasteiger partial charge in [0.2, 0.25) is 0 Å². The van der Waals surface area contributed by atoms with Crippen LogP contribution < -0.4 is 4.74 Å². The third-order valence-electron chi connectivity index (χ3n) is 2.03. The SMILES string of the molecule is OC(c1cccc(Br)n1)c1nnc(OCC(F)(F)F)s1. The Morgan fingerprint density at radius 2 is 2.10 bits per heavy atom. The van der Waals surface area contributed by atoms with Crippen LogP contribution >= 0.6 is 27.3 Å². The number of hydrogen-bond acceptors (Lipinski definition) is 6. The lowest BCUT2D eigenvalue weighted by Gasteiger charge is -2.06. The van der Waals surface area contributed by atoms with E-state index in [-0.39, 0.29) is 10.2 Å². The number of pyridine rings is 1. The van der Waals surface area contributed by atoms with Gasteiger partial charge in [-0.2, -0.15) is 13.2 Å². The summed E-state index contributed by atoms with van der Waals surface area (Å²) in [5.74, 6) is 0. The van der Waals surface area contributed by atoms with Gasteiger partial charge < -0.3 is 9.84 Å². The fraction of sp³-hybridized carbons (Fsp3) is 0.300. The van der Waals surface area contributed by atoms with Gasteiger partial charge in [-0.25, -0.2) is 4.98 Å². The molecule has 10 heteroatoms. The number of hydrogen-bond donors (Lipinski definition) is 1. The van der Waals surface area contributed by atoms with E-state index in [0.717, 1.165) is 11.3 Å². The third kappa shape index (κ3) is 4.12. The molecule has 20 heavy (non-hydrogen) atoms. The highest BCUT2D eigenvalue weighted by molar-refractivity contribution is 9.10. The van der Waals surface area contributed by atoms with Crippen LogP contribution in [0.1, 0.15) is 16.8 Å². The van der Waals surface area contributed by atoms with E-state index in [4.69, 9.17) is 0 Å². The van der Waals surface area contributed by atoms with Crippen molar-refractivity contribution in [3.63, 3.8) is 0 Å². The Labute approximate surface area is 123 Å². The number of aromatic nitrogens is 3. The van der Waals surface area contributed by atoms with Crippen molar-refractivity contribution in [1.29, 1.82) is 0 Å². The molecule has 2 aromatic rings. The second-order valence-electron chi connectivity index (χ2n) is 3.60. The van der Waals surface area contributed by atoms with Crippen LogP contribution in [0, 0.1) is 0 Å². The van der Waals surface area contributed by atoms with Crippen LogP contribution in [0.5, 0.6) is 5.19 Å². The van der Waals surface area contributed by atoms with Crippen molar-refractivity contribution < 1.29 is 23.0 Å². The van der Waals surface area contributed by atoms with Crippen molar-refractivity contribution in [3.8, 4) is 5.19 Å². The number of nitrogens with zero attached hydrogens (tertiary/aromatic N) is 3. The summed E-state index contributed by atoms with van der Waals surface area (Å²) >= 11 is 3.88. The zero-order valence-electron chi connectivity index (χ0n) is 9.63. The number of aliphatic hydroxyl groups excluding tert-OH is 1. The van der Waals surface area contributed by atoms with Gasteiger partial charge in [-0.1, -0.05) is 22.5 Å². The summed E-state index contributed by atoms with van der Waals surface area (Å²) in [7, 11) is 0.